The lowest BCUT2D eigenvalue weighted by atomic mass is 10.0. The number of aliphatic hydroxyl groups excluding tert-OH is 1. The Hall–Kier alpha value is -1.36. The number of hydrogen-bond donors (Lipinski definition) is 1. The first-order valence-electron chi connectivity index (χ1n) is 8.13. The molecule has 4 nitrogen and oxygen atoms in total. The van der Waals surface area contributed by atoms with E-state index in [4.69, 9.17) is 4.42 Å². The molecule has 0 spiro atoms. The average Bonchev–Trinajstić information content (AvgIpc) is 2.79. The molecule has 0 aliphatic carbocycles. The zero-order chi connectivity index (χ0) is 15.5. The van der Waals surface area contributed by atoms with Crippen molar-refractivity contribution in [2.75, 3.05) is 33.8 Å². The van der Waals surface area contributed by atoms with Gasteiger partial charge in [-0.1, -0.05) is 18.2 Å². The van der Waals surface area contributed by atoms with Gasteiger partial charge in [-0.15, -0.1) is 0 Å². The van der Waals surface area contributed by atoms with Crippen LogP contribution >= 0.6 is 0 Å². The predicted octanol–water partition coefficient (Wildman–Crippen LogP) is 2.57. The summed E-state index contributed by atoms with van der Waals surface area (Å²) >= 11 is 0. The number of rotatable bonds is 4. The van der Waals surface area contributed by atoms with Crippen LogP contribution in [0.15, 0.2) is 34.7 Å². The fourth-order valence-electron chi connectivity index (χ4n) is 3.38. The van der Waals surface area contributed by atoms with Crippen molar-refractivity contribution >= 4 is 11.0 Å². The molecule has 2 aromatic rings. The third kappa shape index (κ3) is 3.51. The van der Waals surface area contributed by atoms with Crippen molar-refractivity contribution in [2.24, 2.45) is 5.92 Å². The summed E-state index contributed by atoms with van der Waals surface area (Å²) in [5.41, 5.74) is 0.954. The van der Waals surface area contributed by atoms with Gasteiger partial charge >= 0.3 is 0 Å². The summed E-state index contributed by atoms with van der Waals surface area (Å²) in [5.74, 6) is 1.38. The largest absolute Gasteiger partial charge is 0.460 e. The molecular formula is C18H26N2O2. The number of nitrogens with zero attached hydrogens (tertiary/aromatic N) is 2. The smallest absolute Gasteiger partial charge is 0.134 e. The Morgan fingerprint density at radius 1 is 1.23 bits per heavy atom. The second-order valence-corrected chi connectivity index (χ2v) is 6.69. The average molecular weight is 302 g/mol. The van der Waals surface area contributed by atoms with Crippen LogP contribution in [0.2, 0.25) is 0 Å². The Bertz CT molecular complexity index is 575. The highest BCUT2D eigenvalue weighted by Gasteiger charge is 2.25. The summed E-state index contributed by atoms with van der Waals surface area (Å²) in [4.78, 5) is 4.72. The van der Waals surface area contributed by atoms with Crippen molar-refractivity contribution in [1.29, 1.82) is 0 Å². The summed E-state index contributed by atoms with van der Waals surface area (Å²) in [6.45, 7) is 3.06. The van der Waals surface area contributed by atoms with Crippen LogP contribution in [0.1, 0.15) is 18.6 Å². The third-order valence-corrected chi connectivity index (χ3v) is 4.74. The third-order valence-electron chi connectivity index (χ3n) is 4.74. The minimum atomic E-state index is 0.275. The van der Waals surface area contributed by atoms with E-state index in [9.17, 15) is 5.11 Å². The number of furan rings is 1. The van der Waals surface area contributed by atoms with Crippen LogP contribution in [-0.2, 0) is 6.54 Å². The van der Waals surface area contributed by atoms with E-state index in [0.29, 0.717) is 12.0 Å². The summed E-state index contributed by atoms with van der Waals surface area (Å²) in [7, 11) is 4.28. The van der Waals surface area contributed by atoms with Crippen molar-refractivity contribution in [1.82, 2.24) is 9.80 Å². The van der Waals surface area contributed by atoms with Gasteiger partial charge in [0, 0.05) is 31.1 Å². The number of hydrogen-bond acceptors (Lipinski definition) is 4. The van der Waals surface area contributed by atoms with Gasteiger partial charge in [0.25, 0.3) is 0 Å². The number of likely N-dealkylation sites (tertiary alicyclic amines) is 1. The van der Waals surface area contributed by atoms with Gasteiger partial charge in [0.05, 0.1) is 6.54 Å². The molecule has 1 N–H and O–H groups in total. The van der Waals surface area contributed by atoms with Crippen LogP contribution in [0.25, 0.3) is 11.0 Å². The molecule has 22 heavy (non-hydrogen) atoms. The van der Waals surface area contributed by atoms with Gasteiger partial charge in [-0.2, -0.15) is 0 Å². The van der Waals surface area contributed by atoms with E-state index in [0.717, 1.165) is 49.2 Å². The minimum Gasteiger partial charge on any atom is -0.460 e. The molecule has 1 aromatic heterocycles. The molecule has 120 valence electrons. The summed E-state index contributed by atoms with van der Waals surface area (Å²) in [6.07, 6.45) is 2.24. The fraction of sp³-hybridized carbons (Fsp3) is 0.556. The highest BCUT2D eigenvalue weighted by Crippen LogP contribution is 2.23. The molecule has 2 atom stereocenters. The molecule has 3 rings (SSSR count). The molecule has 1 aliphatic heterocycles. The molecule has 4 heteroatoms. The number of likely N-dealkylation sites (N-methyl/N-ethyl adjacent to an activating group) is 1. The van der Waals surface area contributed by atoms with Crippen molar-refractivity contribution in [3.63, 3.8) is 0 Å². The molecule has 2 heterocycles. The van der Waals surface area contributed by atoms with Gasteiger partial charge in [0.2, 0.25) is 0 Å². The lowest BCUT2D eigenvalue weighted by Crippen LogP contribution is -2.39. The zero-order valence-corrected chi connectivity index (χ0v) is 13.5. The van der Waals surface area contributed by atoms with Gasteiger partial charge in [-0.25, -0.2) is 0 Å². The second-order valence-electron chi connectivity index (χ2n) is 6.69. The van der Waals surface area contributed by atoms with E-state index in [1.54, 1.807) is 0 Å². The van der Waals surface area contributed by atoms with Crippen molar-refractivity contribution in [3.8, 4) is 0 Å². The molecule has 1 saturated heterocycles. The maximum absolute atomic E-state index is 9.58. The van der Waals surface area contributed by atoms with Gasteiger partial charge in [-0.05, 0) is 45.0 Å². The van der Waals surface area contributed by atoms with E-state index >= 15 is 0 Å². The molecule has 0 amide bonds. The highest BCUT2D eigenvalue weighted by atomic mass is 16.3. The normalized spacial score (nSPS) is 24.0. The molecule has 0 radical (unpaired) electrons. The zero-order valence-electron chi connectivity index (χ0n) is 13.5. The van der Waals surface area contributed by atoms with E-state index in [2.05, 4.69) is 36.0 Å². The lowest BCUT2D eigenvalue weighted by Gasteiger charge is -2.28. The molecule has 0 unspecified atom stereocenters. The lowest BCUT2D eigenvalue weighted by molar-refractivity contribution is 0.151. The number of para-hydroxylation sites is 1. The number of fused-ring (bicyclic) bond motifs is 1. The predicted molar refractivity (Wildman–Crippen MR) is 88.8 cm³/mol. The van der Waals surface area contributed by atoms with E-state index in [1.807, 2.05) is 18.2 Å². The molecule has 1 fully saturated rings. The summed E-state index contributed by atoms with van der Waals surface area (Å²) < 4.78 is 5.96. The molecule has 1 aromatic carbocycles. The monoisotopic (exact) mass is 302 g/mol. The van der Waals surface area contributed by atoms with Gasteiger partial charge in [0.1, 0.15) is 11.3 Å². The maximum Gasteiger partial charge on any atom is 0.134 e. The van der Waals surface area contributed by atoms with E-state index < -0.39 is 0 Å². The summed E-state index contributed by atoms with van der Waals surface area (Å²) in [5, 5.41) is 10.7. The van der Waals surface area contributed by atoms with E-state index in [-0.39, 0.29) is 6.61 Å². The first-order chi connectivity index (χ1) is 10.7. The van der Waals surface area contributed by atoms with Crippen LogP contribution in [0.3, 0.4) is 0 Å². The minimum absolute atomic E-state index is 0.275. The maximum atomic E-state index is 9.58. The SMILES string of the molecule is CN(C)[C@@H]1CC[C@H](CO)CN(Cc2cc3ccccc3o2)C1. The number of benzene rings is 1. The fourth-order valence-corrected chi connectivity index (χ4v) is 3.38. The van der Waals surface area contributed by atoms with Gasteiger partial charge in [0.15, 0.2) is 0 Å². The Morgan fingerprint density at radius 2 is 2.05 bits per heavy atom. The van der Waals surface area contributed by atoms with Crippen LogP contribution in [0.4, 0.5) is 0 Å². The summed E-state index contributed by atoms with van der Waals surface area (Å²) in [6, 6.07) is 10.8. The Kier molecular flexibility index (Phi) is 4.81. The van der Waals surface area contributed by atoms with Crippen LogP contribution in [0.5, 0.6) is 0 Å². The molecule has 0 saturated carbocycles. The molecular weight excluding hydrogens is 276 g/mol. The Balaban J connectivity index is 1.75. The van der Waals surface area contributed by atoms with Crippen LogP contribution in [-0.4, -0.2) is 54.7 Å². The van der Waals surface area contributed by atoms with Crippen molar-refractivity contribution in [2.45, 2.75) is 25.4 Å². The first kappa shape index (κ1) is 15.5. The first-order valence-corrected chi connectivity index (χ1v) is 8.13. The molecule has 1 aliphatic rings. The van der Waals surface area contributed by atoms with Gasteiger partial charge < -0.3 is 14.4 Å². The van der Waals surface area contributed by atoms with Crippen molar-refractivity contribution in [3.05, 3.63) is 36.1 Å². The highest BCUT2D eigenvalue weighted by molar-refractivity contribution is 5.77. The van der Waals surface area contributed by atoms with Gasteiger partial charge in [-0.3, -0.25) is 4.90 Å². The Labute approximate surface area is 132 Å². The van der Waals surface area contributed by atoms with E-state index in [1.165, 1.54) is 0 Å². The second kappa shape index (κ2) is 6.82. The van der Waals surface area contributed by atoms with Crippen molar-refractivity contribution < 1.29 is 9.52 Å². The van der Waals surface area contributed by atoms with Crippen LogP contribution in [0, 0.1) is 5.92 Å². The standard InChI is InChI=1S/C18H26N2O2/c1-19(2)16-8-7-14(13-21)10-20(11-16)12-17-9-15-5-3-4-6-18(15)22-17/h3-6,9,14,16,21H,7-8,10-13H2,1-2H3/t14-,16+/m0/s1. The number of aliphatic hydroxyl groups is 1. The van der Waals surface area contributed by atoms with Crippen LogP contribution < -0.4 is 0 Å². The quantitative estimate of drug-likeness (QED) is 0.942. The Morgan fingerprint density at radius 3 is 2.77 bits per heavy atom. The molecule has 0 bridgehead atoms. The topological polar surface area (TPSA) is 39.9 Å².